The number of likely N-dealkylation sites (N-methyl/N-ethyl adjacent to an activating group) is 2. The van der Waals surface area contributed by atoms with E-state index in [1.165, 1.54) is 0 Å². The number of rotatable bonds is 6. The average Bonchev–Trinajstić information content (AvgIpc) is 2.29. The van der Waals surface area contributed by atoms with E-state index in [1.54, 1.807) is 0 Å². The van der Waals surface area contributed by atoms with Crippen LogP contribution in [0.3, 0.4) is 0 Å². The molecule has 0 aliphatic rings. The first kappa shape index (κ1) is 14.3. The number of anilines is 1. The van der Waals surface area contributed by atoms with Crippen molar-refractivity contribution in [2.75, 3.05) is 32.1 Å². The molecule has 0 spiro atoms. The second kappa shape index (κ2) is 6.82. The fourth-order valence-corrected chi connectivity index (χ4v) is 2.30. The highest BCUT2D eigenvalue weighted by atomic mass is 35.5. The lowest BCUT2D eigenvalue weighted by atomic mass is 10.2. The minimum atomic E-state index is 0.423. The first-order chi connectivity index (χ1) is 8.10. The summed E-state index contributed by atoms with van der Waals surface area (Å²) in [6.45, 7) is 6.32. The molecule has 3 nitrogen and oxygen atoms in total. The number of pyridine rings is 1. The maximum atomic E-state index is 5.97. The molecule has 0 amide bonds. The number of hydrogen-bond donors (Lipinski definition) is 0. The van der Waals surface area contributed by atoms with Crippen LogP contribution in [0.15, 0.2) is 18.3 Å². The van der Waals surface area contributed by atoms with Gasteiger partial charge in [0, 0.05) is 30.9 Å². The number of nitrogens with zero attached hydrogens (tertiary/aromatic N) is 3. The molecule has 1 aromatic rings. The van der Waals surface area contributed by atoms with Gasteiger partial charge in [-0.15, -0.1) is 11.6 Å². The maximum Gasteiger partial charge on any atom is 0.133 e. The Balaban J connectivity index is 2.92. The predicted molar refractivity (Wildman–Crippen MR) is 74.8 cm³/mol. The van der Waals surface area contributed by atoms with Crippen molar-refractivity contribution in [2.24, 2.45) is 0 Å². The van der Waals surface area contributed by atoms with Crippen LogP contribution in [0, 0.1) is 0 Å². The maximum absolute atomic E-state index is 5.97. The van der Waals surface area contributed by atoms with Crippen molar-refractivity contribution in [1.82, 2.24) is 9.88 Å². The Kier molecular flexibility index (Phi) is 5.72. The van der Waals surface area contributed by atoms with Crippen molar-refractivity contribution in [3.63, 3.8) is 0 Å². The molecule has 1 rings (SSSR count). The first-order valence-corrected chi connectivity index (χ1v) is 6.54. The third-order valence-corrected chi connectivity index (χ3v) is 3.07. The number of hydrogen-bond acceptors (Lipinski definition) is 3. The van der Waals surface area contributed by atoms with Crippen molar-refractivity contribution in [1.29, 1.82) is 0 Å². The van der Waals surface area contributed by atoms with E-state index in [0.29, 0.717) is 11.9 Å². The van der Waals surface area contributed by atoms with Gasteiger partial charge in [0.25, 0.3) is 0 Å². The topological polar surface area (TPSA) is 19.4 Å². The molecule has 0 radical (unpaired) electrons. The van der Waals surface area contributed by atoms with Crippen LogP contribution in [0.25, 0.3) is 0 Å². The van der Waals surface area contributed by atoms with Crippen LogP contribution >= 0.6 is 11.6 Å². The van der Waals surface area contributed by atoms with Crippen molar-refractivity contribution < 1.29 is 0 Å². The molecule has 0 bridgehead atoms. The van der Waals surface area contributed by atoms with E-state index >= 15 is 0 Å². The molecule has 1 atom stereocenters. The monoisotopic (exact) mass is 255 g/mol. The van der Waals surface area contributed by atoms with E-state index in [9.17, 15) is 0 Å². The SMILES string of the molecule is CCN(c1ncccc1CCl)C(C)CN(C)C. The normalized spacial score (nSPS) is 12.8. The lowest BCUT2D eigenvalue weighted by Crippen LogP contribution is -2.41. The van der Waals surface area contributed by atoms with Gasteiger partial charge in [0.2, 0.25) is 0 Å². The molecule has 17 heavy (non-hydrogen) atoms. The number of aromatic nitrogens is 1. The van der Waals surface area contributed by atoms with Gasteiger partial charge in [-0.05, 0) is 34.0 Å². The van der Waals surface area contributed by atoms with Crippen LogP contribution in [-0.2, 0) is 5.88 Å². The zero-order valence-corrected chi connectivity index (χ0v) is 11.9. The van der Waals surface area contributed by atoms with Gasteiger partial charge in [0.1, 0.15) is 5.82 Å². The molecule has 0 aliphatic heterocycles. The lowest BCUT2D eigenvalue weighted by Gasteiger charge is -2.32. The second-order valence-electron chi connectivity index (χ2n) is 4.52. The molecule has 1 heterocycles. The molecule has 4 heteroatoms. The Morgan fingerprint density at radius 1 is 1.41 bits per heavy atom. The summed E-state index contributed by atoms with van der Waals surface area (Å²) in [5.74, 6) is 1.52. The molecule has 96 valence electrons. The molecule has 0 N–H and O–H groups in total. The number of halogens is 1. The summed E-state index contributed by atoms with van der Waals surface area (Å²) in [6, 6.07) is 4.40. The molecule has 0 fully saturated rings. The van der Waals surface area contributed by atoms with Gasteiger partial charge in [-0.3, -0.25) is 0 Å². The highest BCUT2D eigenvalue weighted by Crippen LogP contribution is 2.21. The zero-order chi connectivity index (χ0) is 12.8. The Labute approximate surface area is 109 Å². The third kappa shape index (κ3) is 3.86. The van der Waals surface area contributed by atoms with Crippen LogP contribution in [0.5, 0.6) is 0 Å². The van der Waals surface area contributed by atoms with E-state index in [2.05, 4.69) is 42.7 Å². The highest BCUT2D eigenvalue weighted by molar-refractivity contribution is 6.17. The Bertz CT molecular complexity index is 341. The molecule has 0 aromatic carbocycles. The Hall–Kier alpha value is -0.800. The van der Waals surface area contributed by atoms with Crippen molar-refractivity contribution in [3.8, 4) is 0 Å². The highest BCUT2D eigenvalue weighted by Gasteiger charge is 2.17. The van der Waals surface area contributed by atoms with Gasteiger partial charge in [-0.25, -0.2) is 4.98 Å². The molecular formula is C13H22ClN3. The van der Waals surface area contributed by atoms with Gasteiger partial charge in [0.05, 0.1) is 5.88 Å². The third-order valence-electron chi connectivity index (χ3n) is 2.79. The van der Waals surface area contributed by atoms with E-state index < -0.39 is 0 Å². The fourth-order valence-electron chi connectivity index (χ4n) is 2.09. The summed E-state index contributed by atoms with van der Waals surface area (Å²) in [5, 5.41) is 0. The molecule has 1 unspecified atom stereocenters. The smallest absolute Gasteiger partial charge is 0.133 e. The summed E-state index contributed by atoms with van der Waals surface area (Å²) in [6.07, 6.45) is 1.83. The second-order valence-corrected chi connectivity index (χ2v) is 4.78. The van der Waals surface area contributed by atoms with Crippen LogP contribution in [0.1, 0.15) is 19.4 Å². The molecule has 0 aliphatic carbocycles. The minimum absolute atomic E-state index is 0.423. The quantitative estimate of drug-likeness (QED) is 0.729. The molecule has 1 aromatic heterocycles. The summed E-state index contributed by atoms with van der Waals surface area (Å²) in [5.41, 5.74) is 1.10. The summed E-state index contributed by atoms with van der Waals surface area (Å²) >= 11 is 5.97. The molecular weight excluding hydrogens is 234 g/mol. The standard InChI is InChI=1S/C13H22ClN3/c1-5-17(11(2)10-16(3)4)13-12(9-14)7-6-8-15-13/h6-8,11H,5,9-10H2,1-4H3. The van der Waals surface area contributed by atoms with Gasteiger partial charge < -0.3 is 9.80 Å². The van der Waals surface area contributed by atoms with Crippen molar-refractivity contribution in [2.45, 2.75) is 25.8 Å². The zero-order valence-electron chi connectivity index (χ0n) is 11.2. The molecule has 0 saturated heterocycles. The minimum Gasteiger partial charge on any atom is -0.353 e. The first-order valence-electron chi connectivity index (χ1n) is 6.01. The van der Waals surface area contributed by atoms with Crippen LogP contribution in [-0.4, -0.2) is 43.1 Å². The predicted octanol–water partition coefficient (Wildman–Crippen LogP) is 2.60. The van der Waals surface area contributed by atoms with Gasteiger partial charge in [-0.1, -0.05) is 6.07 Å². The van der Waals surface area contributed by atoms with Gasteiger partial charge >= 0.3 is 0 Å². The van der Waals surface area contributed by atoms with E-state index in [4.69, 9.17) is 11.6 Å². The van der Waals surface area contributed by atoms with Crippen molar-refractivity contribution in [3.05, 3.63) is 23.9 Å². The average molecular weight is 256 g/mol. The summed E-state index contributed by atoms with van der Waals surface area (Å²) in [4.78, 5) is 8.97. The van der Waals surface area contributed by atoms with E-state index in [0.717, 1.165) is 24.5 Å². The van der Waals surface area contributed by atoms with Crippen molar-refractivity contribution >= 4 is 17.4 Å². The van der Waals surface area contributed by atoms with Crippen LogP contribution < -0.4 is 4.90 Å². The Morgan fingerprint density at radius 3 is 2.65 bits per heavy atom. The van der Waals surface area contributed by atoms with E-state index in [1.807, 2.05) is 18.3 Å². The fraction of sp³-hybridized carbons (Fsp3) is 0.615. The largest absolute Gasteiger partial charge is 0.353 e. The Morgan fingerprint density at radius 2 is 2.12 bits per heavy atom. The molecule has 0 saturated carbocycles. The van der Waals surface area contributed by atoms with E-state index in [-0.39, 0.29) is 0 Å². The lowest BCUT2D eigenvalue weighted by molar-refractivity contribution is 0.372. The van der Waals surface area contributed by atoms with Crippen LogP contribution in [0.2, 0.25) is 0 Å². The number of alkyl halides is 1. The van der Waals surface area contributed by atoms with Crippen LogP contribution in [0.4, 0.5) is 5.82 Å². The summed E-state index contributed by atoms with van der Waals surface area (Å²) in [7, 11) is 4.18. The summed E-state index contributed by atoms with van der Waals surface area (Å²) < 4.78 is 0. The van der Waals surface area contributed by atoms with Gasteiger partial charge in [0.15, 0.2) is 0 Å². The van der Waals surface area contributed by atoms with Gasteiger partial charge in [-0.2, -0.15) is 0 Å².